The third-order valence-electron chi connectivity index (χ3n) is 3.53. The Morgan fingerprint density at radius 3 is 2.71 bits per heavy atom. The molecule has 0 aromatic carbocycles. The molecule has 0 bridgehead atoms. The average Bonchev–Trinajstić information content (AvgIpc) is 2.52. The SMILES string of the molecule is CNC1(O)CCN2CCC(O)C(O)C21. The predicted molar refractivity (Wildman–Crippen MR) is 50.6 cm³/mol. The van der Waals surface area contributed by atoms with Crippen LogP contribution in [0, 0.1) is 0 Å². The van der Waals surface area contributed by atoms with Gasteiger partial charge < -0.3 is 15.3 Å². The molecule has 0 aromatic rings. The maximum atomic E-state index is 10.2. The third-order valence-corrected chi connectivity index (χ3v) is 3.53. The lowest BCUT2D eigenvalue weighted by atomic mass is 9.91. The average molecular weight is 202 g/mol. The van der Waals surface area contributed by atoms with Gasteiger partial charge in [0, 0.05) is 19.5 Å². The van der Waals surface area contributed by atoms with E-state index in [4.69, 9.17) is 0 Å². The van der Waals surface area contributed by atoms with Crippen LogP contribution < -0.4 is 5.32 Å². The molecule has 2 aliphatic rings. The Morgan fingerprint density at radius 2 is 2.07 bits per heavy atom. The number of fused-ring (bicyclic) bond motifs is 1. The smallest absolute Gasteiger partial charge is 0.135 e. The number of hydrogen-bond donors (Lipinski definition) is 4. The summed E-state index contributed by atoms with van der Waals surface area (Å²) in [4.78, 5) is 2.04. The second-order valence-corrected chi connectivity index (χ2v) is 4.25. The molecule has 2 rings (SSSR count). The minimum absolute atomic E-state index is 0.378. The van der Waals surface area contributed by atoms with E-state index in [1.165, 1.54) is 0 Å². The topological polar surface area (TPSA) is 76.0 Å². The van der Waals surface area contributed by atoms with Crippen LogP contribution in [0.3, 0.4) is 0 Å². The summed E-state index contributed by atoms with van der Waals surface area (Å²) in [7, 11) is 1.68. The van der Waals surface area contributed by atoms with Gasteiger partial charge in [0.15, 0.2) is 0 Å². The van der Waals surface area contributed by atoms with Gasteiger partial charge in [-0.15, -0.1) is 0 Å². The van der Waals surface area contributed by atoms with Crippen molar-refractivity contribution >= 4 is 0 Å². The number of likely N-dealkylation sites (N-methyl/N-ethyl adjacent to an activating group) is 1. The Morgan fingerprint density at radius 1 is 1.36 bits per heavy atom. The van der Waals surface area contributed by atoms with Crippen LogP contribution in [0.2, 0.25) is 0 Å². The largest absolute Gasteiger partial charge is 0.390 e. The van der Waals surface area contributed by atoms with Crippen molar-refractivity contribution in [3.05, 3.63) is 0 Å². The Hall–Kier alpha value is -0.200. The van der Waals surface area contributed by atoms with Crippen LogP contribution in [0.25, 0.3) is 0 Å². The Kier molecular flexibility index (Phi) is 2.53. The van der Waals surface area contributed by atoms with Crippen molar-refractivity contribution in [1.29, 1.82) is 0 Å². The van der Waals surface area contributed by atoms with Crippen LogP contribution in [-0.2, 0) is 0 Å². The van der Waals surface area contributed by atoms with E-state index < -0.39 is 17.9 Å². The molecule has 14 heavy (non-hydrogen) atoms. The van der Waals surface area contributed by atoms with E-state index in [9.17, 15) is 15.3 Å². The number of rotatable bonds is 1. The molecular formula is C9H18N2O3. The van der Waals surface area contributed by atoms with Crippen LogP contribution >= 0.6 is 0 Å². The van der Waals surface area contributed by atoms with Crippen molar-refractivity contribution in [2.24, 2.45) is 0 Å². The van der Waals surface area contributed by atoms with E-state index in [2.05, 4.69) is 5.32 Å². The molecule has 2 heterocycles. The van der Waals surface area contributed by atoms with Gasteiger partial charge in [0.2, 0.25) is 0 Å². The van der Waals surface area contributed by atoms with E-state index in [1.54, 1.807) is 7.05 Å². The summed E-state index contributed by atoms with van der Waals surface area (Å²) < 4.78 is 0. The molecule has 4 atom stereocenters. The van der Waals surface area contributed by atoms with Gasteiger partial charge in [-0.3, -0.25) is 10.2 Å². The molecule has 0 radical (unpaired) electrons. The maximum Gasteiger partial charge on any atom is 0.135 e. The lowest BCUT2D eigenvalue weighted by Gasteiger charge is -2.42. The van der Waals surface area contributed by atoms with Crippen molar-refractivity contribution in [1.82, 2.24) is 10.2 Å². The second kappa shape index (κ2) is 3.43. The van der Waals surface area contributed by atoms with Crippen molar-refractivity contribution in [3.8, 4) is 0 Å². The van der Waals surface area contributed by atoms with Crippen LogP contribution in [-0.4, -0.2) is 64.3 Å². The number of aliphatic hydroxyl groups is 3. The molecule has 2 aliphatic heterocycles. The van der Waals surface area contributed by atoms with Gasteiger partial charge in [0.05, 0.1) is 18.2 Å². The standard InChI is InChI=1S/C9H18N2O3/c1-10-9(14)3-5-11-4-2-6(12)7(13)8(9)11/h6-8,10,12-14H,2-5H2,1H3. The van der Waals surface area contributed by atoms with Gasteiger partial charge in [0.25, 0.3) is 0 Å². The molecule has 2 saturated heterocycles. The van der Waals surface area contributed by atoms with E-state index in [0.29, 0.717) is 12.8 Å². The lowest BCUT2D eigenvalue weighted by Crippen LogP contribution is -2.63. The molecule has 82 valence electrons. The zero-order valence-electron chi connectivity index (χ0n) is 8.35. The summed E-state index contributed by atoms with van der Waals surface area (Å²) in [6, 6.07) is -0.378. The molecule has 5 heteroatoms. The molecule has 5 nitrogen and oxygen atoms in total. The Balaban J connectivity index is 2.20. The molecule has 2 fully saturated rings. The fourth-order valence-electron chi connectivity index (χ4n) is 2.60. The van der Waals surface area contributed by atoms with Gasteiger partial charge in [-0.1, -0.05) is 0 Å². The molecular weight excluding hydrogens is 184 g/mol. The predicted octanol–water partition coefficient (Wildman–Crippen LogP) is -1.91. The summed E-state index contributed by atoms with van der Waals surface area (Å²) in [5.41, 5.74) is -1.05. The van der Waals surface area contributed by atoms with Crippen molar-refractivity contribution in [2.75, 3.05) is 20.1 Å². The minimum Gasteiger partial charge on any atom is -0.390 e. The number of nitrogens with one attached hydrogen (secondary N) is 1. The normalized spacial score (nSPS) is 49.3. The summed E-state index contributed by atoms with van der Waals surface area (Å²) in [5.74, 6) is 0. The number of piperidine rings is 1. The minimum atomic E-state index is -1.05. The summed E-state index contributed by atoms with van der Waals surface area (Å²) in [5, 5.41) is 32.4. The molecule has 0 amide bonds. The number of hydrogen-bond acceptors (Lipinski definition) is 5. The highest BCUT2D eigenvalue weighted by molar-refractivity contribution is 5.05. The first-order chi connectivity index (χ1) is 6.58. The quantitative estimate of drug-likeness (QED) is 0.373. The highest BCUT2D eigenvalue weighted by Crippen LogP contribution is 2.33. The zero-order valence-corrected chi connectivity index (χ0v) is 8.35. The third kappa shape index (κ3) is 1.36. The highest BCUT2D eigenvalue weighted by atomic mass is 16.3. The van der Waals surface area contributed by atoms with E-state index >= 15 is 0 Å². The first-order valence-corrected chi connectivity index (χ1v) is 5.10. The first-order valence-electron chi connectivity index (χ1n) is 5.10. The molecule has 0 saturated carbocycles. The van der Waals surface area contributed by atoms with Gasteiger partial charge in [-0.05, 0) is 13.5 Å². The second-order valence-electron chi connectivity index (χ2n) is 4.25. The van der Waals surface area contributed by atoms with Gasteiger partial charge in [-0.25, -0.2) is 0 Å². The van der Waals surface area contributed by atoms with Crippen LogP contribution in [0.15, 0.2) is 0 Å². The Labute approximate surface area is 83.3 Å². The first kappa shape index (κ1) is 10.3. The summed E-state index contributed by atoms with van der Waals surface area (Å²) in [6.45, 7) is 1.51. The fraction of sp³-hybridized carbons (Fsp3) is 1.00. The summed E-state index contributed by atoms with van der Waals surface area (Å²) >= 11 is 0. The van der Waals surface area contributed by atoms with Crippen molar-refractivity contribution in [2.45, 2.75) is 36.8 Å². The molecule has 0 spiro atoms. The van der Waals surface area contributed by atoms with Gasteiger partial charge in [-0.2, -0.15) is 0 Å². The van der Waals surface area contributed by atoms with Crippen LogP contribution in [0.4, 0.5) is 0 Å². The van der Waals surface area contributed by atoms with Crippen LogP contribution in [0.5, 0.6) is 0 Å². The summed E-state index contributed by atoms with van der Waals surface area (Å²) in [6.07, 6.45) is -0.395. The number of aliphatic hydroxyl groups excluding tert-OH is 2. The molecule has 0 aromatic heterocycles. The lowest BCUT2D eigenvalue weighted by molar-refractivity contribution is -0.127. The molecule has 0 aliphatic carbocycles. The van der Waals surface area contributed by atoms with Gasteiger partial charge in [0.1, 0.15) is 5.72 Å². The maximum absolute atomic E-state index is 10.2. The molecule has 4 N–H and O–H groups in total. The monoisotopic (exact) mass is 202 g/mol. The Bertz CT molecular complexity index is 224. The van der Waals surface area contributed by atoms with E-state index in [1.807, 2.05) is 4.90 Å². The van der Waals surface area contributed by atoms with Crippen molar-refractivity contribution < 1.29 is 15.3 Å². The van der Waals surface area contributed by atoms with Crippen LogP contribution in [0.1, 0.15) is 12.8 Å². The molecule has 4 unspecified atom stereocenters. The fourth-order valence-corrected chi connectivity index (χ4v) is 2.60. The van der Waals surface area contributed by atoms with Gasteiger partial charge >= 0.3 is 0 Å². The zero-order chi connectivity index (χ0) is 10.3. The van der Waals surface area contributed by atoms with E-state index in [-0.39, 0.29) is 6.04 Å². The van der Waals surface area contributed by atoms with E-state index in [0.717, 1.165) is 13.1 Å². The number of nitrogens with zero attached hydrogens (tertiary/aromatic N) is 1. The van der Waals surface area contributed by atoms with Crippen molar-refractivity contribution in [3.63, 3.8) is 0 Å². The highest BCUT2D eigenvalue weighted by Gasteiger charge is 2.52.